The molecule has 21 heavy (non-hydrogen) atoms. The van der Waals surface area contributed by atoms with Crippen LogP contribution in [0.4, 0.5) is 11.5 Å². The first-order chi connectivity index (χ1) is 9.77. The Bertz CT molecular complexity index is 656. The predicted octanol–water partition coefficient (Wildman–Crippen LogP) is 4.94. The van der Waals surface area contributed by atoms with Crippen LogP contribution >= 0.6 is 27.5 Å². The molecule has 0 radical (unpaired) electrons. The highest BCUT2D eigenvalue weighted by atomic mass is 79.9. The number of halogens is 2. The van der Waals surface area contributed by atoms with Crippen molar-refractivity contribution in [3.05, 3.63) is 39.7 Å². The monoisotopic (exact) mass is 369 g/mol. The van der Waals surface area contributed by atoms with Crippen LogP contribution in [-0.2, 0) is 5.41 Å². The lowest BCUT2D eigenvalue weighted by Crippen LogP contribution is -2.16. The van der Waals surface area contributed by atoms with E-state index in [0.717, 1.165) is 15.9 Å². The van der Waals surface area contributed by atoms with E-state index in [1.165, 1.54) is 0 Å². The number of nitrogens with zero attached hydrogens (tertiary/aromatic N) is 2. The van der Waals surface area contributed by atoms with E-state index in [1.54, 1.807) is 13.2 Å². The zero-order valence-corrected chi connectivity index (χ0v) is 14.7. The molecule has 1 N–H and O–H groups in total. The van der Waals surface area contributed by atoms with Crippen molar-refractivity contribution in [1.82, 2.24) is 9.97 Å². The first-order valence-electron chi connectivity index (χ1n) is 6.44. The maximum atomic E-state index is 6.09. The largest absolute Gasteiger partial charge is 0.497 e. The van der Waals surface area contributed by atoms with E-state index < -0.39 is 0 Å². The first-order valence-corrected chi connectivity index (χ1v) is 7.62. The summed E-state index contributed by atoms with van der Waals surface area (Å²) < 4.78 is 6.16. The van der Waals surface area contributed by atoms with Gasteiger partial charge in [-0.2, -0.15) is 0 Å². The van der Waals surface area contributed by atoms with Crippen molar-refractivity contribution < 1.29 is 4.74 Å². The Labute approximate surface area is 138 Å². The molecule has 0 spiro atoms. The van der Waals surface area contributed by atoms with Gasteiger partial charge in [0.15, 0.2) is 0 Å². The first kappa shape index (κ1) is 16.0. The molecule has 0 amide bonds. The van der Waals surface area contributed by atoms with Crippen LogP contribution in [0.1, 0.15) is 26.6 Å². The number of hydrogen-bond donors (Lipinski definition) is 1. The van der Waals surface area contributed by atoms with Gasteiger partial charge in [-0.1, -0.05) is 48.3 Å². The summed E-state index contributed by atoms with van der Waals surface area (Å²) >= 11 is 9.54. The molecule has 0 fully saturated rings. The second-order valence-corrected chi connectivity index (χ2v) is 6.96. The molecule has 0 saturated carbocycles. The molecule has 0 atom stereocenters. The van der Waals surface area contributed by atoms with Crippen molar-refractivity contribution in [3.8, 4) is 5.75 Å². The lowest BCUT2D eigenvalue weighted by atomic mass is 9.96. The Morgan fingerprint density at radius 3 is 2.48 bits per heavy atom. The smallest absolute Gasteiger partial charge is 0.137 e. The topological polar surface area (TPSA) is 47.0 Å². The molecular formula is C15H17BrClN3O. The molecule has 1 aromatic heterocycles. The van der Waals surface area contributed by atoms with E-state index in [0.29, 0.717) is 16.8 Å². The van der Waals surface area contributed by atoms with E-state index in [-0.39, 0.29) is 5.41 Å². The van der Waals surface area contributed by atoms with Gasteiger partial charge in [-0.05, 0) is 12.1 Å². The molecule has 0 aliphatic carbocycles. The number of rotatable bonds is 3. The summed E-state index contributed by atoms with van der Waals surface area (Å²) in [4.78, 5) is 8.80. The summed E-state index contributed by atoms with van der Waals surface area (Å²) in [5.74, 6) is 2.10. The van der Waals surface area contributed by atoms with Crippen LogP contribution in [0.2, 0.25) is 5.15 Å². The van der Waals surface area contributed by atoms with Gasteiger partial charge in [0.25, 0.3) is 0 Å². The second kappa shape index (κ2) is 6.20. The summed E-state index contributed by atoms with van der Waals surface area (Å²) in [6.07, 6.45) is 0. The molecule has 1 heterocycles. The standard InChI is InChI=1S/C15H17BrClN3O/c1-15(2,3)14-19-12(17)8-13(20-14)18-10-5-9(16)6-11(7-10)21-4/h5-8H,1-4H3,(H,18,19,20). The average Bonchev–Trinajstić information content (AvgIpc) is 2.36. The number of nitrogens with one attached hydrogen (secondary N) is 1. The summed E-state index contributed by atoms with van der Waals surface area (Å²) in [6.45, 7) is 6.14. The van der Waals surface area contributed by atoms with Gasteiger partial charge in [0.05, 0.1) is 7.11 Å². The fourth-order valence-electron chi connectivity index (χ4n) is 1.72. The number of methoxy groups -OCH3 is 1. The fraction of sp³-hybridized carbons (Fsp3) is 0.333. The van der Waals surface area contributed by atoms with Crippen LogP contribution in [0.15, 0.2) is 28.7 Å². The van der Waals surface area contributed by atoms with Crippen LogP contribution in [0.5, 0.6) is 5.75 Å². The van der Waals surface area contributed by atoms with Crippen molar-refractivity contribution in [2.75, 3.05) is 12.4 Å². The predicted molar refractivity (Wildman–Crippen MR) is 89.7 cm³/mol. The quantitative estimate of drug-likeness (QED) is 0.777. The Morgan fingerprint density at radius 1 is 1.14 bits per heavy atom. The van der Waals surface area contributed by atoms with Crippen LogP contribution in [0, 0.1) is 0 Å². The molecule has 2 aromatic rings. The minimum atomic E-state index is -0.170. The Hall–Kier alpha value is -1.33. The maximum Gasteiger partial charge on any atom is 0.137 e. The molecular weight excluding hydrogens is 354 g/mol. The SMILES string of the molecule is COc1cc(Br)cc(Nc2cc(Cl)nc(C(C)(C)C)n2)c1. The van der Waals surface area contributed by atoms with E-state index in [1.807, 2.05) is 39.0 Å². The Morgan fingerprint density at radius 2 is 1.86 bits per heavy atom. The third kappa shape index (κ3) is 4.32. The zero-order chi connectivity index (χ0) is 15.6. The van der Waals surface area contributed by atoms with Crippen molar-refractivity contribution >= 4 is 39.0 Å². The molecule has 0 aliphatic heterocycles. The fourth-order valence-corrected chi connectivity index (χ4v) is 2.37. The van der Waals surface area contributed by atoms with Gasteiger partial charge in [-0.25, -0.2) is 9.97 Å². The number of hydrogen-bond acceptors (Lipinski definition) is 4. The highest BCUT2D eigenvalue weighted by Crippen LogP contribution is 2.28. The summed E-state index contributed by atoms with van der Waals surface area (Å²) in [6, 6.07) is 7.41. The van der Waals surface area contributed by atoms with E-state index >= 15 is 0 Å². The molecule has 0 unspecified atom stereocenters. The molecule has 1 aromatic carbocycles. The number of aromatic nitrogens is 2. The van der Waals surface area contributed by atoms with E-state index in [4.69, 9.17) is 16.3 Å². The maximum absolute atomic E-state index is 6.09. The molecule has 2 rings (SSSR count). The minimum Gasteiger partial charge on any atom is -0.497 e. The van der Waals surface area contributed by atoms with Crippen LogP contribution < -0.4 is 10.1 Å². The third-order valence-corrected chi connectivity index (χ3v) is 3.40. The molecule has 6 heteroatoms. The minimum absolute atomic E-state index is 0.170. The molecule has 112 valence electrons. The number of anilines is 2. The van der Waals surface area contributed by atoms with Gasteiger partial charge in [-0.15, -0.1) is 0 Å². The van der Waals surface area contributed by atoms with Gasteiger partial charge in [-0.3, -0.25) is 0 Å². The van der Waals surface area contributed by atoms with Crippen molar-refractivity contribution in [2.45, 2.75) is 26.2 Å². The second-order valence-electron chi connectivity index (χ2n) is 5.65. The molecule has 0 bridgehead atoms. The van der Waals surface area contributed by atoms with Gasteiger partial charge in [0, 0.05) is 27.7 Å². The lowest BCUT2D eigenvalue weighted by Gasteiger charge is -2.18. The third-order valence-electron chi connectivity index (χ3n) is 2.75. The van der Waals surface area contributed by atoms with Crippen molar-refractivity contribution in [2.24, 2.45) is 0 Å². The molecule has 0 saturated heterocycles. The van der Waals surface area contributed by atoms with E-state index in [2.05, 4.69) is 31.2 Å². The van der Waals surface area contributed by atoms with Gasteiger partial charge in [0.1, 0.15) is 22.5 Å². The highest BCUT2D eigenvalue weighted by Gasteiger charge is 2.19. The Balaban J connectivity index is 2.35. The van der Waals surface area contributed by atoms with Crippen LogP contribution in [0.3, 0.4) is 0 Å². The van der Waals surface area contributed by atoms with Gasteiger partial charge >= 0.3 is 0 Å². The van der Waals surface area contributed by atoms with Crippen molar-refractivity contribution in [1.29, 1.82) is 0 Å². The van der Waals surface area contributed by atoms with Gasteiger partial charge < -0.3 is 10.1 Å². The molecule has 0 aliphatic rings. The Kier molecular flexibility index (Phi) is 4.74. The molecule has 4 nitrogen and oxygen atoms in total. The van der Waals surface area contributed by atoms with E-state index in [9.17, 15) is 0 Å². The van der Waals surface area contributed by atoms with Crippen LogP contribution in [0.25, 0.3) is 0 Å². The lowest BCUT2D eigenvalue weighted by molar-refractivity contribution is 0.415. The van der Waals surface area contributed by atoms with Gasteiger partial charge in [0.2, 0.25) is 0 Å². The summed E-state index contributed by atoms with van der Waals surface area (Å²) in [5.41, 5.74) is 0.687. The average molecular weight is 371 g/mol. The highest BCUT2D eigenvalue weighted by molar-refractivity contribution is 9.10. The normalized spacial score (nSPS) is 11.3. The number of ether oxygens (including phenoxy) is 1. The van der Waals surface area contributed by atoms with Crippen LogP contribution in [-0.4, -0.2) is 17.1 Å². The number of benzene rings is 1. The van der Waals surface area contributed by atoms with Crippen molar-refractivity contribution in [3.63, 3.8) is 0 Å². The summed E-state index contributed by atoms with van der Waals surface area (Å²) in [7, 11) is 1.63. The summed E-state index contributed by atoms with van der Waals surface area (Å²) in [5, 5.41) is 3.64. The zero-order valence-electron chi connectivity index (χ0n) is 12.4.